The second-order valence-electron chi connectivity index (χ2n) is 4.13. The topological polar surface area (TPSA) is 33.1 Å². The molecule has 84 valence electrons. The van der Waals surface area contributed by atoms with Crippen molar-refractivity contribution >= 4 is 23.1 Å². The highest BCUT2D eigenvalue weighted by Crippen LogP contribution is 2.33. The van der Waals surface area contributed by atoms with Gasteiger partial charge in [-0.25, -0.2) is 4.98 Å². The Balaban J connectivity index is 1.99. The molecular formula is C11H17NOS2. The molecule has 2 nitrogen and oxygen atoms in total. The zero-order valence-corrected chi connectivity index (χ0v) is 10.6. The van der Waals surface area contributed by atoms with E-state index in [1.54, 1.807) is 11.3 Å². The van der Waals surface area contributed by atoms with E-state index >= 15 is 0 Å². The summed E-state index contributed by atoms with van der Waals surface area (Å²) in [5.74, 6) is 3.20. The molecule has 0 bridgehead atoms. The van der Waals surface area contributed by atoms with E-state index in [1.807, 2.05) is 24.9 Å². The second-order valence-corrected chi connectivity index (χ2v) is 6.43. The van der Waals surface area contributed by atoms with Gasteiger partial charge >= 0.3 is 0 Å². The van der Waals surface area contributed by atoms with E-state index < -0.39 is 0 Å². The molecule has 2 rings (SSSR count). The predicted molar refractivity (Wildman–Crippen MR) is 66.8 cm³/mol. The third-order valence-electron chi connectivity index (χ3n) is 2.58. The molecule has 1 N–H and O–H groups in total. The predicted octanol–water partition coefficient (Wildman–Crippen LogP) is 2.68. The van der Waals surface area contributed by atoms with E-state index in [2.05, 4.69) is 4.98 Å². The van der Waals surface area contributed by atoms with E-state index in [-0.39, 0.29) is 6.10 Å². The van der Waals surface area contributed by atoms with Crippen LogP contribution in [-0.4, -0.2) is 27.7 Å². The van der Waals surface area contributed by atoms with Gasteiger partial charge in [-0.2, -0.15) is 11.8 Å². The fourth-order valence-electron chi connectivity index (χ4n) is 1.83. The average molecular weight is 243 g/mol. The van der Waals surface area contributed by atoms with Crippen molar-refractivity contribution in [2.45, 2.75) is 38.2 Å². The number of aliphatic hydroxyl groups excluding tert-OH is 1. The molecule has 0 spiro atoms. The highest BCUT2D eigenvalue weighted by Gasteiger charge is 2.19. The quantitative estimate of drug-likeness (QED) is 0.886. The lowest BCUT2D eigenvalue weighted by Gasteiger charge is -2.18. The van der Waals surface area contributed by atoms with Crippen molar-refractivity contribution in [2.24, 2.45) is 0 Å². The number of aromatic nitrogens is 1. The molecule has 2 unspecified atom stereocenters. The monoisotopic (exact) mass is 243 g/mol. The van der Waals surface area contributed by atoms with Crippen molar-refractivity contribution in [3.05, 3.63) is 16.1 Å². The molecule has 1 aromatic rings. The third-order valence-corrected chi connectivity index (χ3v) is 4.98. The molecular weight excluding hydrogens is 226 g/mol. The first-order valence-corrected chi connectivity index (χ1v) is 7.43. The van der Waals surface area contributed by atoms with Gasteiger partial charge in [-0.1, -0.05) is 0 Å². The summed E-state index contributed by atoms with van der Waals surface area (Å²) < 4.78 is 0. The molecule has 1 aliphatic rings. The summed E-state index contributed by atoms with van der Waals surface area (Å²) in [5.41, 5.74) is 0. The molecule has 2 atom stereocenters. The maximum Gasteiger partial charge on any atom is 0.0966 e. The molecule has 0 saturated carbocycles. The van der Waals surface area contributed by atoms with Crippen molar-refractivity contribution in [2.75, 3.05) is 11.5 Å². The molecule has 0 radical (unpaired) electrons. The summed E-state index contributed by atoms with van der Waals surface area (Å²) in [6.45, 7) is 1.83. The van der Waals surface area contributed by atoms with E-state index in [1.165, 1.54) is 34.2 Å². The maximum atomic E-state index is 9.30. The first kappa shape index (κ1) is 11.4. The zero-order valence-electron chi connectivity index (χ0n) is 8.98. The standard InChI is InChI=1S/C11H17NOS2/c1-8(13)5-10-6-12-11(15-10)9-3-2-4-14-7-9/h6,8-9,13H,2-5,7H2,1H3. The molecule has 1 saturated heterocycles. The Morgan fingerprint density at radius 3 is 3.20 bits per heavy atom. The lowest BCUT2D eigenvalue weighted by Crippen LogP contribution is -2.07. The minimum absolute atomic E-state index is 0.251. The fourth-order valence-corrected chi connectivity index (χ4v) is 4.26. The summed E-state index contributed by atoms with van der Waals surface area (Å²) in [6.07, 6.45) is 5.04. The first-order chi connectivity index (χ1) is 7.25. The minimum Gasteiger partial charge on any atom is -0.393 e. The summed E-state index contributed by atoms with van der Waals surface area (Å²) >= 11 is 3.82. The van der Waals surface area contributed by atoms with Crippen LogP contribution in [0.2, 0.25) is 0 Å². The van der Waals surface area contributed by atoms with Crippen LogP contribution in [0.1, 0.15) is 35.6 Å². The first-order valence-electron chi connectivity index (χ1n) is 5.46. The number of aliphatic hydroxyl groups is 1. The van der Waals surface area contributed by atoms with Crippen LogP contribution in [0.3, 0.4) is 0 Å². The molecule has 2 heterocycles. The van der Waals surface area contributed by atoms with Crippen molar-refractivity contribution in [3.63, 3.8) is 0 Å². The van der Waals surface area contributed by atoms with Gasteiger partial charge in [0.1, 0.15) is 0 Å². The van der Waals surface area contributed by atoms with Gasteiger partial charge in [0.05, 0.1) is 11.1 Å². The molecule has 15 heavy (non-hydrogen) atoms. The van der Waals surface area contributed by atoms with Crippen molar-refractivity contribution in [1.82, 2.24) is 4.98 Å². The third kappa shape index (κ3) is 3.20. The van der Waals surface area contributed by atoms with Gasteiger partial charge in [-0.05, 0) is 25.5 Å². The number of rotatable bonds is 3. The summed E-state index contributed by atoms with van der Waals surface area (Å²) in [7, 11) is 0. The molecule has 0 aliphatic carbocycles. The number of thioether (sulfide) groups is 1. The normalized spacial score (nSPS) is 24.0. The van der Waals surface area contributed by atoms with Crippen LogP contribution in [0, 0.1) is 0 Å². The van der Waals surface area contributed by atoms with Crippen LogP contribution in [0.15, 0.2) is 6.20 Å². The molecule has 1 aliphatic heterocycles. The average Bonchev–Trinajstić information content (AvgIpc) is 2.67. The number of nitrogens with zero attached hydrogens (tertiary/aromatic N) is 1. The minimum atomic E-state index is -0.251. The molecule has 1 aromatic heterocycles. The second kappa shape index (κ2) is 5.32. The molecule has 0 aromatic carbocycles. The van der Waals surface area contributed by atoms with Gasteiger partial charge in [-0.15, -0.1) is 11.3 Å². The van der Waals surface area contributed by atoms with Crippen molar-refractivity contribution in [3.8, 4) is 0 Å². The Bertz CT molecular complexity index is 305. The highest BCUT2D eigenvalue weighted by atomic mass is 32.2. The maximum absolute atomic E-state index is 9.30. The van der Waals surface area contributed by atoms with E-state index in [0.717, 1.165) is 6.42 Å². The van der Waals surface area contributed by atoms with Gasteiger partial charge in [0.25, 0.3) is 0 Å². The van der Waals surface area contributed by atoms with Gasteiger partial charge in [0.15, 0.2) is 0 Å². The fraction of sp³-hybridized carbons (Fsp3) is 0.727. The van der Waals surface area contributed by atoms with Crippen LogP contribution in [0.4, 0.5) is 0 Å². The lowest BCUT2D eigenvalue weighted by atomic mass is 10.1. The van der Waals surface area contributed by atoms with E-state index in [4.69, 9.17) is 0 Å². The Labute approximate surface area is 99.1 Å². The Morgan fingerprint density at radius 1 is 1.67 bits per heavy atom. The smallest absolute Gasteiger partial charge is 0.0966 e. The van der Waals surface area contributed by atoms with Crippen LogP contribution in [0.25, 0.3) is 0 Å². The van der Waals surface area contributed by atoms with Crippen LogP contribution in [-0.2, 0) is 6.42 Å². The number of hydrogen-bond acceptors (Lipinski definition) is 4. The Morgan fingerprint density at radius 2 is 2.53 bits per heavy atom. The highest BCUT2D eigenvalue weighted by molar-refractivity contribution is 7.99. The van der Waals surface area contributed by atoms with E-state index in [9.17, 15) is 5.11 Å². The Kier molecular flexibility index (Phi) is 4.05. The van der Waals surface area contributed by atoms with Crippen LogP contribution >= 0.6 is 23.1 Å². The Hall–Kier alpha value is -0.0600. The van der Waals surface area contributed by atoms with Crippen LogP contribution in [0.5, 0.6) is 0 Å². The largest absolute Gasteiger partial charge is 0.393 e. The van der Waals surface area contributed by atoms with E-state index in [0.29, 0.717) is 5.92 Å². The molecule has 4 heteroatoms. The van der Waals surface area contributed by atoms with Crippen molar-refractivity contribution in [1.29, 1.82) is 0 Å². The summed E-state index contributed by atoms with van der Waals surface area (Å²) in [4.78, 5) is 5.71. The van der Waals surface area contributed by atoms with Crippen molar-refractivity contribution < 1.29 is 5.11 Å². The van der Waals surface area contributed by atoms with Gasteiger partial charge in [0.2, 0.25) is 0 Å². The molecule has 1 fully saturated rings. The zero-order chi connectivity index (χ0) is 10.7. The van der Waals surface area contributed by atoms with Gasteiger partial charge in [-0.3, -0.25) is 0 Å². The van der Waals surface area contributed by atoms with Crippen LogP contribution < -0.4 is 0 Å². The number of hydrogen-bond donors (Lipinski definition) is 1. The summed E-state index contributed by atoms with van der Waals surface area (Å²) in [5, 5.41) is 10.6. The van der Waals surface area contributed by atoms with Gasteiger partial charge < -0.3 is 5.11 Å². The number of thiazole rings is 1. The van der Waals surface area contributed by atoms with Gasteiger partial charge in [0, 0.05) is 29.2 Å². The lowest BCUT2D eigenvalue weighted by molar-refractivity contribution is 0.196. The molecule has 0 amide bonds. The summed E-state index contributed by atoms with van der Waals surface area (Å²) in [6, 6.07) is 0. The SMILES string of the molecule is CC(O)Cc1cnc(C2CCCSC2)s1.